The highest BCUT2D eigenvalue weighted by Gasteiger charge is 2.14. The second-order valence-electron chi connectivity index (χ2n) is 6.34. The molecule has 5 N–H and O–H groups in total. The number of nitrogens with one attached hydrogen (secondary N) is 1. The fourth-order valence-corrected chi connectivity index (χ4v) is 3.21. The van der Waals surface area contributed by atoms with E-state index in [1.165, 1.54) is 6.20 Å². The summed E-state index contributed by atoms with van der Waals surface area (Å²) in [6.07, 6.45) is 6.09. The van der Waals surface area contributed by atoms with Crippen molar-refractivity contribution in [3.05, 3.63) is 66.1 Å². The Balaban J connectivity index is 2.27. The van der Waals surface area contributed by atoms with Crippen molar-refractivity contribution in [1.82, 2.24) is 9.97 Å². The van der Waals surface area contributed by atoms with Crippen LogP contribution in [0.5, 0.6) is 0 Å². The molecule has 0 spiro atoms. The van der Waals surface area contributed by atoms with Crippen molar-refractivity contribution in [1.29, 1.82) is 0 Å². The number of nitrogens with zero attached hydrogens (tertiary/aromatic N) is 2. The summed E-state index contributed by atoms with van der Waals surface area (Å²) in [5, 5.41) is 4.20. The molecule has 0 saturated heterocycles. The summed E-state index contributed by atoms with van der Waals surface area (Å²) < 4.78 is 0. The summed E-state index contributed by atoms with van der Waals surface area (Å²) in [7, 11) is 1.88. The van der Waals surface area contributed by atoms with E-state index in [0.717, 1.165) is 51.1 Å². The van der Waals surface area contributed by atoms with E-state index in [4.69, 9.17) is 21.4 Å². The fourth-order valence-electron chi connectivity index (χ4n) is 3.21. The van der Waals surface area contributed by atoms with Gasteiger partial charge in [-0.2, -0.15) is 0 Å². The molecule has 0 bridgehead atoms. The van der Waals surface area contributed by atoms with Crippen molar-refractivity contribution in [2.75, 3.05) is 18.1 Å². The van der Waals surface area contributed by atoms with Gasteiger partial charge in [-0.15, -0.1) is 0 Å². The van der Waals surface area contributed by atoms with Crippen LogP contribution < -0.4 is 16.8 Å². The average molecular weight is 359 g/mol. The van der Waals surface area contributed by atoms with Crippen LogP contribution in [0.4, 0.5) is 11.5 Å². The van der Waals surface area contributed by atoms with Gasteiger partial charge in [-0.25, -0.2) is 9.97 Å². The Kier molecular flexibility index (Phi) is 5.41. The van der Waals surface area contributed by atoms with Gasteiger partial charge in [0.05, 0.1) is 5.52 Å². The molecule has 2 aromatic carbocycles. The molecule has 0 aliphatic carbocycles. The Morgan fingerprint density at radius 1 is 1.19 bits per heavy atom. The molecule has 5 heteroatoms. The van der Waals surface area contributed by atoms with E-state index in [1.54, 1.807) is 0 Å². The van der Waals surface area contributed by atoms with E-state index in [0.29, 0.717) is 5.82 Å². The summed E-state index contributed by atoms with van der Waals surface area (Å²) in [6, 6.07) is 12.1. The monoisotopic (exact) mass is 359 g/mol. The smallest absolute Gasteiger partial charge is 0.158 e. The van der Waals surface area contributed by atoms with Crippen LogP contribution in [0.1, 0.15) is 24.7 Å². The minimum Gasteiger partial charge on any atom is -0.405 e. The number of hydrogen-bond acceptors (Lipinski definition) is 5. The third-order valence-electron chi connectivity index (χ3n) is 4.63. The summed E-state index contributed by atoms with van der Waals surface area (Å²) >= 11 is 0. The van der Waals surface area contributed by atoms with Gasteiger partial charge in [0.2, 0.25) is 0 Å². The van der Waals surface area contributed by atoms with Crippen LogP contribution in [0, 0.1) is 6.92 Å². The van der Waals surface area contributed by atoms with Gasteiger partial charge < -0.3 is 16.8 Å². The molecule has 0 unspecified atom stereocenters. The highest BCUT2D eigenvalue weighted by atomic mass is 15.0. The average Bonchev–Trinajstić information content (AvgIpc) is 2.68. The molecule has 27 heavy (non-hydrogen) atoms. The molecule has 3 aromatic rings. The van der Waals surface area contributed by atoms with Gasteiger partial charge in [0.25, 0.3) is 0 Å². The Morgan fingerprint density at radius 2 is 2.00 bits per heavy atom. The molecule has 0 atom stereocenters. The largest absolute Gasteiger partial charge is 0.405 e. The van der Waals surface area contributed by atoms with Gasteiger partial charge in [0.1, 0.15) is 5.82 Å². The fraction of sp³-hybridized carbons (Fsp3) is 0.182. The summed E-state index contributed by atoms with van der Waals surface area (Å²) in [6.45, 7) is 4.17. The van der Waals surface area contributed by atoms with Crippen molar-refractivity contribution in [2.24, 2.45) is 5.73 Å². The van der Waals surface area contributed by atoms with E-state index < -0.39 is 0 Å². The number of rotatable bonds is 5. The number of anilines is 2. The third kappa shape index (κ3) is 3.62. The van der Waals surface area contributed by atoms with Crippen LogP contribution in [-0.4, -0.2) is 17.0 Å². The maximum atomic E-state index is 5.97. The molecule has 0 fully saturated rings. The standard InChI is InChI=1S/C22H25N5/c1-4-15(8-6-12-23)21-26-20-14(2)18(16-7-5-9-17(24)13-16)10-11-19(20)22(25-3)27-21/h5-13H,4,23-24H2,1-3H3,(H,25,26,27)/b12-6-,15-8+. The molecular weight excluding hydrogens is 334 g/mol. The Hall–Kier alpha value is -3.34. The van der Waals surface area contributed by atoms with E-state index in [-0.39, 0.29) is 0 Å². The molecule has 1 aromatic heterocycles. The van der Waals surface area contributed by atoms with Crippen LogP contribution >= 0.6 is 0 Å². The lowest BCUT2D eigenvalue weighted by molar-refractivity contribution is 1.10. The van der Waals surface area contributed by atoms with Crippen molar-refractivity contribution >= 4 is 28.0 Å². The number of fused-ring (bicyclic) bond motifs is 1. The minimum absolute atomic E-state index is 0.709. The molecule has 0 aliphatic heterocycles. The van der Waals surface area contributed by atoms with Crippen molar-refractivity contribution in [3.63, 3.8) is 0 Å². The van der Waals surface area contributed by atoms with Gasteiger partial charge in [0, 0.05) is 18.1 Å². The predicted octanol–water partition coefficient (Wildman–Crippen LogP) is 4.49. The highest BCUT2D eigenvalue weighted by Crippen LogP contribution is 2.33. The number of allylic oxidation sites excluding steroid dienone is 3. The first-order valence-corrected chi connectivity index (χ1v) is 9.01. The third-order valence-corrected chi connectivity index (χ3v) is 4.63. The van der Waals surface area contributed by atoms with Crippen molar-refractivity contribution < 1.29 is 0 Å². The number of nitrogen functional groups attached to an aromatic ring is 1. The quantitative estimate of drug-likeness (QED) is 0.461. The molecule has 0 amide bonds. The van der Waals surface area contributed by atoms with Crippen LogP contribution in [0.3, 0.4) is 0 Å². The van der Waals surface area contributed by atoms with Crippen molar-refractivity contribution in [3.8, 4) is 11.1 Å². The van der Waals surface area contributed by atoms with Gasteiger partial charge in [0.15, 0.2) is 5.82 Å². The van der Waals surface area contributed by atoms with Gasteiger partial charge in [-0.05, 0) is 66.1 Å². The molecule has 0 saturated carbocycles. The first kappa shape index (κ1) is 18.5. The molecule has 138 valence electrons. The van der Waals surface area contributed by atoms with Crippen LogP contribution in [0.15, 0.2) is 54.8 Å². The molecular formula is C22H25N5. The predicted molar refractivity (Wildman–Crippen MR) is 115 cm³/mol. The lowest BCUT2D eigenvalue weighted by atomic mass is 9.97. The zero-order valence-electron chi connectivity index (χ0n) is 16.0. The Morgan fingerprint density at radius 3 is 2.67 bits per heavy atom. The lowest BCUT2D eigenvalue weighted by Crippen LogP contribution is -2.03. The number of benzene rings is 2. The van der Waals surface area contributed by atoms with Crippen LogP contribution in [-0.2, 0) is 0 Å². The van der Waals surface area contributed by atoms with Crippen molar-refractivity contribution in [2.45, 2.75) is 20.3 Å². The lowest BCUT2D eigenvalue weighted by Gasteiger charge is -2.14. The number of aromatic nitrogens is 2. The maximum Gasteiger partial charge on any atom is 0.158 e. The maximum absolute atomic E-state index is 5.97. The topological polar surface area (TPSA) is 89.8 Å². The second-order valence-corrected chi connectivity index (χ2v) is 6.34. The van der Waals surface area contributed by atoms with Gasteiger partial charge >= 0.3 is 0 Å². The summed E-state index contributed by atoms with van der Waals surface area (Å²) in [5.41, 5.74) is 17.5. The molecule has 1 heterocycles. The Labute approximate surface area is 159 Å². The van der Waals surface area contributed by atoms with Crippen LogP contribution in [0.25, 0.3) is 27.6 Å². The molecule has 0 aliphatic rings. The SMILES string of the molecule is CC/C(=C\C=C/N)c1nc(NC)c2ccc(-c3cccc(N)c3)c(C)c2n1. The zero-order chi connectivity index (χ0) is 19.4. The van der Waals surface area contributed by atoms with Gasteiger partial charge in [-0.1, -0.05) is 31.2 Å². The number of nitrogens with two attached hydrogens (primary N) is 2. The summed E-state index contributed by atoms with van der Waals surface area (Å²) in [5.74, 6) is 1.52. The Bertz CT molecular complexity index is 1030. The van der Waals surface area contributed by atoms with E-state index in [9.17, 15) is 0 Å². The zero-order valence-corrected chi connectivity index (χ0v) is 16.0. The first-order valence-electron chi connectivity index (χ1n) is 9.01. The number of hydrogen-bond donors (Lipinski definition) is 3. The molecule has 3 rings (SSSR count). The molecule has 0 radical (unpaired) electrons. The normalized spacial score (nSPS) is 12.0. The highest BCUT2D eigenvalue weighted by molar-refractivity contribution is 5.96. The summed E-state index contributed by atoms with van der Waals surface area (Å²) in [4.78, 5) is 9.61. The van der Waals surface area contributed by atoms with Crippen LogP contribution in [0.2, 0.25) is 0 Å². The van der Waals surface area contributed by atoms with E-state index in [2.05, 4.69) is 37.4 Å². The van der Waals surface area contributed by atoms with Gasteiger partial charge in [-0.3, -0.25) is 0 Å². The first-order chi connectivity index (χ1) is 13.1. The van der Waals surface area contributed by atoms with E-state index >= 15 is 0 Å². The minimum atomic E-state index is 0.709. The molecule has 5 nitrogen and oxygen atoms in total. The second kappa shape index (κ2) is 7.91. The van der Waals surface area contributed by atoms with E-state index in [1.807, 2.05) is 37.4 Å². The number of aryl methyl sites for hydroxylation is 1.